The van der Waals surface area contributed by atoms with Crippen LogP contribution in [0.25, 0.3) is 6.08 Å². The van der Waals surface area contributed by atoms with Gasteiger partial charge in [0.1, 0.15) is 0 Å². The molecular weight excluding hydrogens is 232 g/mol. The summed E-state index contributed by atoms with van der Waals surface area (Å²) in [6, 6.07) is 4.25. The van der Waals surface area contributed by atoms with Gasteiger partial charge in [-0.05, 0) is 23.8 Å². The molecule has 1 rings (SSSR count). The molecule has 0 aliphatic rings. The van der Waals surface area contributed by atoms with Crippen molar-refractivity contribution in [3.8, 4) is 0 Å². The van der Waals surface area contributed by atoms with E-state index < -0.39 is 11.9 Å². The van der Waals surface area contributed by atoms with E-state index in [0.717, 1.165) is 0 Å². The largest absolute Gasteiger partial charge is 0.478 e. The molecule has 1 aromatic carbocycles. The van der Waals surface area contributed by atoms with Crippen LogP contribution < -0.4 is 0 Å². The van der Waals surface area contributed by atoms with Gasteiger partial charge in [-0.2, -0.15) is 0 Å². The van der Waals surface area contributed by atoms with Crippen LogP contribution in [-0.2, 0) is 9.53 Å². The van der Waals surface area contributed by atoms with Crippen LogP contribution in [0.5, 0.6) is 0 Å². The molecule has 1 aromatic rings. The first-order valence-corrected chi connectivity index (χ1v) is 4.71. The molecule has 0 bridgehead atoms. The SMILES string of the molecule is COC(=O)C=Cc1ccc(C(=O)O)cc1Cl. The number of halogens is 1. The zero-order valence-corrected chi connectivity index (χ0v) is 9.19. The average Bonchev–Trinajstić information content (AvgIpc) is 2.26. The number of esters is 1. The monoisotopic (exact) mass is 240 g/mol. The first-order valence-electron chi connectivity index (χ1n) is 4.33. The van der Waals surface area contributed by atoms with Crippen LogP contribution in [0.3, 0.4) is 0 Å². The molecule has 4 nitrogen and oxygen atoms in total. The van der Waals surface area contributed by atoms with Gasteiger partial charge in [0, 0.05) is 11.1 Å². The van der Waals surface area contributed by atoms with Crippen LogP contribution in [-0.4, -0.2) is 24.2 Å². The summed E-state index contributed by atoms with van der Waals surface area (Å²) in [4.78, 5) is 21.5. The van der Waals surface area contributed by atoms with E-state index in [1.54, 1.807) is 0 Å². The summed E-state index contributed by atoms with van der Waals surface area (Å²) in [5.41, 5.74) is 0.650. The lowest BCUT2D eigenvalue weighted by Gasteiger charge is -2.00. The van der Waals surface area contributed by atoms with Gasteiger partial charge in [-0.25, -0.2) is 9.59 Å². The number of hydrogen-bond donors (Lipinski definition) is 1. The third-order valence-electron chi connectivity index (χ3n) is 1.85. The number of carboxylic acid groups (broad SMARTS) is 1. The van der Waals surface area contributed by atoms with Crippen molar-refractivity contribution in [2.75, 3.05) is 7.11 Å². The van der Waals surface area contributed by atoms with Gasteiger partial charge >= 0.3 is 11.9 Å². The lowest BCUT2D eigenvalue weighted by molar-refractivity contribution is -0.134. The molecule has 84 valence electrons. The summed E-state index contributed by atoms with van der Waals surface area (Å²) in [6.07, 6.45) is 2.67. The highest BCUT2D eigenvalue weighted by molar-refractivity contribution is 6.32. The van der Waals surface area contributed by atoms with Crippen LogP contribution in [0.15, 0.2) is 24.3 Å². The van der Waals surface area contributed by atoms with E-state index in [4.69, 9.17) is 16.7 Å². The Morgan fingerprint density at radius 2 is 2.12 bits per heavy atom. The quantitative estimate of drug-likeness (QED) is 0.650. The molecular formula is C11H9ClO4. The van der Waals surface area contributed by atoms with E-state index in [1.165, 1.54) is 37.5 Å². The molecule has 0 atom stereocenters. The third kappa shape index (κ3) is 3.10. The van der Waals surface area contributed by atoms with E-state index in [2.05, 4.69) is 4.74 Å². The molecule has 0 aliphatic heterocycles. The Bertz CT molecular complexity index is 451. The van der Waals surface area contributed by atoms with E-state index in [0.29, 0.717) is 5.56 Å². The van der Waals surface area contributed by atoms with Gasteiger partial charge in [0.05, 0.1) is 12.7 Å². The summed E-state index contributed by atoms with van der Waals surface area (Å²) >= 11 is 5.83. The van der Waals surface area contributed by atoms with Crippen molar-refractivity contribution in [3.63, 3.8) is 0 Å². The summed E-state index contributed by atoms with van der Waals surface area (Å²) in [7, 11) is 1.27. The molecule has 0 saturated carbocycles. The molecule has 0 radical (unpaired) electrons. The standard InChI is InChI=1S/C11H9ClO4/c1-16-10(13)5-4-7-2-3-8(11(14)15)6-9(7)12/h2-6H,1H3,(H,14,15). The van der Waals surface area contributed by atoms with Gasteiger partial charge in [0.25, 0.3) is 0 Å². The van der Waals surface area contributed by atoms with Crippen molar-refractivity contribution in [3.05, 3.63) is 40.4 Å². The fourth-order valence-electron chi connectivity index (χ4n) is 1.02. The molecule has 0 amide bonds. The number of carbonyl (C=O) groups is 2. The van der Waals surface area contributed by atoms with E-state index in [-0.39, 0.29) is 10.6 Å². The van der Waals surface area contributed by atoms with Gasteiger partial charge in [0.2, 0.25) is 0 Å². The fraction of sp³-hybridized carbons (Fsp3) is 0.0909. The van der Waals surface area contributed by atoms with Crippen LogP contribution in [0.2, 0.25) is 5.02 Å². The number of hydrogen-bond acceptors (Lipinski definition) is 3. The summed E-state index contributed by atoms with van der Waals surface area (Å²) in [6.45, 7) is 0. The minimum Gasteiger partial charge on any atom is -0.478 e. The Hall–Kier alpha value is -1.81. The maximum absolute atomic E-state index is 10.8. The molecule has 0 fully saturated rings. The zero-order chi connectivity index (χ0) is 12.1. The Labute approximate surface area is 97.1 Å². The second kappa shape index (κ2) is 5.32. The number of carboxylic acids is 1. The van der Waals surface area contributed by atoms with Crippen LogP contribution >= 0.6 is 11.6 Å². The highest BCUT2D eigenvalue weighted by atomic mass is 35.5. The summed E-state index contributed by atoms with van der Waals surface area (Å²) < 4.78 is 4.41. The van der Waals surface area contributed by atoms with Gasteiger partial charge in [-0.1, -0.05) is 17.7 Å². The number of carbonyl (C=O) groups excluding carboxylic acids is 1. The molecule has 0 spiro atoms. The van der Waals surface area contributed by atoms with Crippen LogP contribution in [0.4, 0.5) is 0 Å². The minimum atomic E-state index is -1.05. The Morgan fingerprint density at radius 1 is 1.44 bits per heavy atom. The summed E-state index contributed by atoms with van der Waals surface area (Å²) in [5, 5.41) is 8.97. The highest BCUT2D eigenvalue weighted by Gasteiger charge is 2.05. The highest BCUT2D eigenvalue weighted by Crippen LogP contribution is 2.19. The molecule has 5 heteroatoms. The first kappa shape index (κ1) is 12.3. The van der Waals surface area contributed by atoms with E-state index in [1.807, 2.05) is 0 Å². The fourth-order valence-corrected chi connectivity index (χ4v) is 1.26. The van der Waals surface area contributed by atoms with Crippen LogP contribution in [0.1, 0.15) is 15.9 Å². The molecule has 0 heterocycles. The van der Waals surface area contributed by atoms with Crippen molar-refractivity contribution in [2.24, 2.45) is 0 Å². The normalized spacial score (nSPS) is 10.4. The molecule has 0 aromatic heterocycles. The third-order valence-corrected chi connectivity index (χ3v) is 2.17. The Kier molecular flexibility index (Phi) is 4.08. The maximum atomic E-state index is 10.8. The summed E-state index contributed by atoms with van der Waals surface area (Å²) in [5.74, 6) is -1.55. The topological polar surface area (TPSA) is 63.6 Å². The van der Waals surface area contributed by atoms with Crippen molar-refractivity contribution in [1.29, 1.82) is 0 Å². The van der Waals surface area contributed by atoms with Crippen molar-refractivity contribution in [2.45, 2.75) is 0 Å². The second-order valence-electron chi connectivity index (χ2n) is 2.90. The lowest BCUT2D eigenvalue weighted by Crippen LogP contribution is -1.96. The minimum absolute atomic E-state index is 0.0974. The zero-order valence-electron chi connectivity index (χ0n) is 8.44. The van der Waals surface area contributed by atoms with Gasteiger partial charge in [-0.3, -0.25) is 0 Å². The van der Waals surface area contributed by atoms with E-state index >= 15 is 0 Å². The van der Waals surface area contributed by atoms with Gasteiger partial charge in [0.15, 0.2) is 0 Å². The smallest absolute Gasteiger partial charge is 0.335 e. The average molecular weight is 241 g/mol. The van der Waals surface area contributed by atoms with Gasteiger partial charge < -0.3 is 9.84 Å². The lowest BCUT2D eigenvalue weighted by atomic mass is 10.1. The predicted molar refractivity (Wildman–Crippen MR) is 59.5 cm³/mol. The Balaban J connectivity index is 2.95. The number of rotatable bonds is 3. The van der Waals surface area contributed by atoms with Gasteiger partial charge in [-0.15, -0.1) is 0 Å². The van der Waals surface area contributed by atoms with Crippen molar-refractivity contribution in [1.82, 2.24) is 0 Å². The number of aromatic carboxylic acids is 1. The molecule has 16 heavy (non-hydrogen) atoms. The van der Waals surface area contributed by atoms with Crippen LogP contribution in [0, 0.1) is 0 Å². The predicted octanol–water partition coefficient (Wildman–Crippen LogP) is 2.22. The van der Waals surface area contributed by atoms with Crippen molar-refractivity contribution < 1.29 is 19.4 Å². The molecule has 0 aliphatic carbocycles. The van der Waals surface area contributed by atoms with E-state index in [9.17, 15) is 9.59 Å². The number of methoxy groups -OCH3 is 1. The molecule has 1 N–H and O–H groups in total. The maximum Gasteiger partial charge on any atom is 0.335 e. The number of benzene rings is 1. The Morgan fingerprint density at radius 3 is 2.62 bits per heavy atom. The molecule has 0 saturated heterocycles. The first-order chi connectivity index (χ1) is 7.54. The second-order valence-corrected chi connectivity index (χ2v) is 3.31. The van der Waals surface area contributed by atoms with Crippen molar-refractivity contribution >= 4 is 29.6 Å². The molecule has 0 unspecified atom stereocenters. The number of ether oxygens (including phenoxy) is 1.